The Morgan fingerprint density at radius 3 is 2.62 bits per heavy atom. The van der Waals surface area contributed by atoms with Gasteiger partial charge in [0.1, 0.15) is 6.10 Å². The summed E-state index contributed by atoms with van der Waals surface area (Å²) in [5.41, 5.74) is 2.56. The first kappa shape index (κ1) is 17.7. The second kappa shape index (κ2) is 7.82. The number of carbonyl (C=O) groups is 3. The lowest BCUT2D eigenvalue weighted by Gasteiger charge is -2.25. The van der Waals surface area contributed by atoms with Gasteiger partial charge in [0, 0.05) is 18.5 Å². The van der Waals surface area contributed by atoms with E-state index < -0.39 is 5.97 Å². The summed E-state index contributed by atoms with van der Waals surface area (Å²) in [6.07, 6.45) is 0.132. The lowest BCUT2D eigenvalue weighted by atomic mass is 9.93. The van der Waals surface area contributed by atoms with E-state index >= 15 is 0 Å². The summed E-state index contributed by atoms with van der Waals surface area (Å²) in [7, 11) is 0. The van der Waals surface area contributed by atoms with Crippen LogP contribution in [0.25, 0.3) is 0 Å². The van der Waals surface area contributed by atoms with Gasteiger partial charge in [0.05, 0.1) is 12.1 Å². The largest absolute Gasteiger partial charge is 0.454 e. The van der Waals surface area contributed by atoms with Crippen LogP contribution in [0.2, 0.25) is 0 Å². The fourth-order valence-electron chi connectivity index (χ4n) is 2.91. The third-order valence-corrected chi connectivity index (χ3v) is 4.20. The van der Waals surface area contributed by atoms with Crippen molar-refractivity contribution in [3.8, 4) is 0 Å². The highest BCUT2D eigenvalue weighted by Crippen LogP contribution is 2.30. The van der Waals surface area contributed by atoms with E-state index in [1.807, 2.05) is 37.3 Å². The predicted molar refractivity (Wildman–Crippen MR) is 95.8 cm³/mol. The number of hydrogen-bond acceptors (Lipinski definition) is 4. The van der Waals surface area contributed by atoms with Crippen molar-refractivity contribution in [2.24, 2.45) is 0 Å². The molecule has 1 atom stereocenters. The number of nitrogens with one attached hydrogen (secondary N) is 2. The van der Waals surface area contributed by atoms with Crippen LogP contribution in [0.1, 0.15) is 44.9 Å². The number of fused-ring (bicyclic) bond motifs is 1. The Kier molecular flexibility index (Phi) is 5.31. The second-order valence-electron chi connectivity index (χ2n) is 6.02. The SMILES string of the molecule is CCNC(=O)CNC(=O)c1ccc2c(c1)C[C@H](c1ccccc1)OC2=O. The van der Waals surface area contributed by atoms with Crippen LogP contribution >= 0.6 is 0 Å². The van der Waals surface area contributed by atoms with Crippen LogP contribution in [0, 0.1) is 0 Å². The van der Waals surface area contributed by atoms with Crippen molar-refractivity contribution in [2.45, 2.75) is 19.4 Å². The molecular formula is C20H20N2O4. The van der Waals surface area contributed by atoms with E-state index in [2.05, 4.69) is 10.6 Å². The van der Waals surface area contributed by atoms with Crippen molar-refractivity contribution in [1.29, 1.82) is 0 Å². The van der Waals surface area contributed by atoms with E-state index in [0.29, 0.717) is 24.1 Å². The molecule has 0 unspecified atom stereocenters. The Bertz CT molecular complexity index is 833. The molecule has 1 aliphatic heterocycles. The van der Waals surface area contributed by atoms with Gasteiger partial charge >= 0.3 is 5.97 Å². The molecule has 26 heavy (non-hydrogen) atoms. The molecule has 0 aromatic heterocycles. The van der Waals surface area contributed by atoms with Gasteiger partial charge < -0.3 is 15.4 Å². The third kappa shape index (κ3) is 3.91. The van der Waals surface area contributed by atoms with E-state index in [9.17, 15) is 14.4 Å². The fraction of sp³-hybridized carbons (Fsp3) is 0.250. The number of carbonyl (C=O) groups excluding carboxylic acids is 3. The van der Waals surface area contributed by atoms with Crippen LogP contribution in [-0.2, 0) is 16.0 Å². The van der Waals surface area contributed by atoms with Gasteiger partial charge in [0.15, 0.2) is 0 Å². The van der Waals surface area contributed by atoms with E-state index in [-0.39, 0.29) is 24.5 Å². The smallest absolute Gasteiger partial charge is 0.339 e. The first-order valence-electron chi connectivity index (χ1n) is 8.52. The summed E-state index contributed by atoms with van der Waals surface area (Å²) in [6, 6.07) is 14.4. The molecule has 0 aliphatic carbocycles. The van der Waals surface area contributed by atoms with Crippen LogP contribution in [0.4, 0.5) is 0 Å². The maximum atomic E-state index is 12.3. The van der Waals surface area contributed by atoms with Gasteiger partial charge in [-0.05, 0) is 36.2 Å². The molecule has 0 saturated heterocycles. The first-order valence-corrected chi connectivity index (χ1v) is 8.52. The van der Waals surface area contributed by atoms with Crippen LogP contribution in [-0.4, -0.2) is 30.9 Å². The van der Waals surface area contributed by atoms with E-state index in [1.165, 1.54) is 0 Å². The average Bonchev–Trinajstić information content (AvgIpc) is 2.66. The van der Waals surface area contributed by atoms with Crippen LogP contribution in [0.3, 0.4) is 0 Å². The van der Waals surface area contributed by atoms with Crippen molar-refractivity contribution in [3.63, 3.8) is 0 Å². The monoisotopic (exact) mass is 352 g/mol. The molecule has 2 amide bonds. The molecule has 6 nitrogen and oxygen atoms in total. The molecule has 2 N–H and O–H groups in total. The molecule has 6 heteroatoms. The minimum atomic E-state index is -0.394. The van der Waals surface area contributed by atoms with E-state index in [1.54, 1.807) is 18.2 Å². The maximum absolute atomic E-state index is 12.3. The summed E-state index contributed by atoms with van der Waals surface area (Å²) in [4.78, 5) is 36.0. The molecule has 134 valence electrons. The van der Waals surface area contributed by atoms with Crippen molar-refractivity contribution in [2.75, 3.05) is 13.1 Å². The zero-order valence-corrected chi connectivity index (χ0v) is 14.5. The van der Waals surface area contributed by atoms with Crippen molar-refractivity contribution in [1.82, 2.24) is 10.6 Å². The summed E-state index contributed by atoms with van der Waals surface area (Å²) in [6.45, 7) is 2.24. The molecule has 1 aliphatic rings. The Labute approximate surface area is 151 Å². The minimum absolute atomic E-state index is 0.0849. The Hall–Kier alpha value is -3.15. The predicted octanol–water partition coefficient (Wildman–Crippen LogP) is 2.01. The molecule has 0 radical (unpaired) electrons. The Morgan fingerprint density at radius 1 is 1.12 bits per heavy atom. The van der Waals surface area contributed by atoms with Crippen LogP contribution < -0.4 is 10.6 Å². The molecule has 0 saturated carbocycles. The fourth-order valence-corrected chi connectivity index (χ4v) is 2.91. The van der Waals surface area contributed by atoms with Gasteiger partial charge in [0.25, 0.3) is 5.91 Å². The van der Waals surface area contributed by atoms with E-state index in [4.69, 9.17) is 4.74 Å². The number of ether oxygens (including phenoxy) is 1. The van der Waals surface area contributed by atoms with Gasteiger partial charge in [-0.25, -0.2) is 4.79 Å². The number of amides is 2. The standard InChI is InChI=1S/C20H20N2O4/c1-2-21-18(23)12-22-19(24)14-8-9-16-15(10-14)11-17(26-20(16)25)13-6-4-3-5-7-13/h3-10,17H,2,11-12H2,1H3,(H,21,23)(H,22,24)/t17-/m1/s1. The van der Waals surface area contributed by atoms with Crippen molar-refractivity contribution >= 4 is 17.8 Å². The van der Waals surface area contributed by atoms with Gasteiger partial charge in [-0.2, -0.15) is 0 Å². The summed E-state index contributed by atoms with van der Waals surface area (Å²) in [5.74, 6) is -0.991. The van der Waals surface area contributed by atoms with Gasteiger partial charge in [0.2, 0.25) is 5.91 Å². The number of hydrogen-bond donors (Lipinski definition) is 2. The quantitative estimate of drug-likeness (QED) is 0.806. The van der Waals surface area contributed by atoms with Crippen molar-refractivity contribution < 1.29 is 19.1 Å². The summed E-state index contributed by atoms with van der Waals surface area (Å²) < 4.78 is 5.51. The van der Waals surface area contributed by atoms with Crippen LogP contribution in [0.15, 0.2) is 48.5 Å². The highest BCUT2D eigenvalue weighted by Gasteiger charge is 2.28. The Morgan fingerprint density at radius 2 is 1.88 bits per heavy atom. The highest BCUT2D eigenvalue weighted by molar-refractivity contribution is 5.99. The number of esters is 1. The molecule has 0 spiro atoms. The highest BCUT2D eigenvalue weighted by atomic mass is 16.5. The topological polar surface area (TPSA) is 84.5 Å². The number of rotatable bonds is 5. The molecule has 1 heterocycles. The van der Waals surface area contributed by atoms with Gasteiger partial charge in [-0.15, -0.1) is 0 Å². The van der Waals surface area contributed by atoms with Gasteiger partial charge in [-0.3, -0.25) is 9.59 Å². The molecule has 0 bridgehead atoms. The summed E-state index contributed by atoms with van der Waals surface area (Å²) >= 11 is 0. The summed E-state index contributed by atoms with van der Waals surface area (Å²) in [5, 5.41) is 5.19. The zero-order chi connectivity index (χ0) is 18.5. The second-order valence-corrected chi connectivity index (χ2v) is 6.02. The number of likely N-dealkylation sites (N-methyl/N-ethyl adjacent to an activating group) is 1. The molecule has 2 aromatic rings. The molecule has 3 rings (SSSR count). The average molecular weight is 352 g/mol. The van der Waals surface area contributed by atoms with E-state index in [0.717, 1.165) is 11.1 Å². The first-order chi connectivity index (χ1) is 12.6. The third-order valence-electron chi connectivity index (χ3n) is 4.20. The molecule has 2 aromatic carbocycles. The Balaban J connectivity index is 1.76. The lowest BCUT2D eigenvalue weighted by molar-refractivity contribution is -0.120. The maximum Gasteiger partial charge on any atom is 0.339 e. The van der Waals surface area contributed by atoms with Crippen molar-refractivity contribution in [3.05, 3.63) is 70.8 Å². The van der Waals surface area contributed by atoms with Crippen LogP contribution in [0.5, 0.6) is 0 Å². The van der Waals surface area contributed by atoms with Gasteiger partial charge in [-0.1, -0.05) is 30.3 Å². The number of benzene rings is 2. The molecule has 0 fully saturated rings. The normalized spacial score (nSPS) is 15.6. The number of cyclic esters (lactones) is 1. The minimum Gasteiger partial charge on any atom is -0.454 e. The molecular weight excluding hydrogens is 332 g/mol. The zero-order valence-electron chi connectivity index (χ0n) is 14.5. The lowest BCUT2D eigenvalue weighted by Crippen LogP contribution is -2.36.